The Kier molecular flexibility index (Phi) is 2.89. The average Bonchev–Trinajstić information content (AvgIpc) is 2.74. The Bertz CT molecular complexity index is 534. The van der Waals surface area contributed by atoms with E-state index >= 15 is 0 Å². The van der Waals surface area contributed by atoms with Crippen LogP contribution in [0.25, 0.3) is 10.1 Å². The minimum Gasteiger partial charge on any atom is -0.314 e. The first-order chi connectivity index (χ1) is 8.24. The molecule has 0 spiro atoms. The zero-order valence-electron chi connectivity index (χ0n) is 9.87. The molecule has 0 unspecified atom stereocenters. The predicted octanol–water partition coefficient (Wildman–Crippen LogP) is 3.90. The van der Waals surface area contributed by atoms with Crippen molar-refractivity contribution in [3.8, 4) is 0 Å². The number of rotatable bonds is 1. The Morgan fingerprint density at radius 3 is 3.06 bits per heavy atom. The van der Waals surface area contributed by atoms with Gasteiger partial charge in [0.1, 0.15) is 5.82 Å². The number of nitrogens with one attached hydrogen (secondary N) is 1. The highest BCUT2D eigenvalue weighted by molar-refractivity contribution is 7.19. The molecule has 0 radical (unpaired) electrons. The van der Waals surface area contributed by atoms with Gasteiger partial charge in [-0.1, -0.05) is 6.07 Å². The fourth-order valence-corrected chi connectivity index (χ4v) is 3.86. The molecule has 17 heavy (non-hydrogen) atoms. The van der Waals surface area contributed by atoms with Gasteiger partial charge in [0.2, 0.25) is 0 Å². The molecule has 90 valence electrons. The van der Waals surface area contributed by atoms with Crippen molar-refractivity contribution in [1.82, 2.24) is 5.32 Å². The summed E-state index contributed by atoms with van der Waals surface area (Å²) in [5.74, 6) is 0.509. The van der Waals surface area contributed by atoms with Gasteiger partial charge in [-0.15, -0.1) is 11.3 Å². The summed E-state index contributed by atoms with van der Waals surface area (Å²) < 4.78 is 14.7. The van der Waals surface area contributed by atoms with Crippen molar-refractivity contribution < 1.29 is 4.39 Å². The van der Waals surface area contributed by atoms with E-state index in [0.29, 0.717) is 12.0 Å². The lowest BCUT2D eigenvalue weighted by Crippen LogP contribution is -2.34. The van der Waals surface area contributed by atoms with Crippen molar-refractivity contribution in [2.75, 3.05) is 6.54 Å². The minimum atomic E-state index is -0.0908. The molecule has 0 amide bonds. The maximum atomic E-state index is 13.6. The van der Waals surface area contributed by atoms with Crippen molar-refractivity contribution in [2.24, 2.45) is 0 Å². The fraction of sp³-hybridized carbons (Fsp3) is 0.429. The second-order valence-electron chi connectivity index (χ2n) is 4.88. The largest absolute Gasteiger partial charge is 0.314 e. The van der Waals surface area contributed by atoms with Crippen LogP contribution in [0.2, 0.25) is 0 Å². The van der Waals surface area contributed by atoms with Crippen LogP contribution >= 0.6 is 11.3 Å². The van der Waals surface area contributed by atoms with Crippen LogP contribution in [0.3, 0.4) is 0 Å². The smallest absolute Gasteiger partial charge is 0.131 e. The summed E-state index contributed by atoms with van der Waals surface area (Å²) in [6.45, 7) is 3.29. The van der Waals surface area contributed by atoms with Gasteiger partial charge < -0.3 is 5.32 Å². The number of benzene rings is 1. The molecule has 1 N–H and O–H groups in total. The van der Waals surface area contributed by atoms with Crippen LogP contribution < -0.4 is 5.32 Å². The van der Waals surface area contributed by atoms with Crippen LogP contribution in [0.15, 0.2) is 24.3 Å². The van der Waals surface area contributed by atoms with E-state index < -0.39 is 0 Å². The second-order valence-corrected chi connectivity index (χ2v) is 5.99. The summed E-state index contributed by atoms with van der Waals surface area (Å²) in [7, 11) is 0. The van der Waals surface area contributed by atoms with Crippen molar-refractivity contribution in [3.05, 3.63) is 35.0 Å². The Balaban J connectivity index is 1.97. The van der Waals surface area contributed by atoms with Crippen molar-refractivity contribution in [2.45, 2.75) is 31.7 Å². The Labute approximate surface area is 105 Å². The molecule has 1 fully saturated rings. The lowest BCUT2D eigenvalue weighted by atomic mass is 9.92. The Morgan fingerprint density at radius 1 is 1.41 bits per heavy atom. The maximum absolute atomic E-state index is 13.6. The van der Waals surface area contributed by atoms with E-state index in [2.05, 4.69) is 18.3 Å². The monoisotopic (exact) mass is 249 g/mol. The van der Waals surface area contributed by atoms with Gasteiger partial charge >= 0.3 is 0 Å². The quantitative estimate of drug-likeness (QED) is 0.808. The highest BCUT2D eigenvalue weighted by Crippen LogP contribution is 2.36. The first-order valence-electron chi connectivity index (χ1n) is 6.15. The molecule has 1 saturated heterocycles. The van der Waals surface area contributed by atoms with Crippen LogP contribution in [0.1, 0.15) is 30.6 Å². The van der Waals surface area contributed by atoms with Gasteiger partial charge in [-0.3, -0.25) is 0 Å². The number of thiophene rings is 1. The van der Waals surface area contributed by atoms with E-state index in [1.54, 1.807) is 23.5 Å². The fourth-order valence-electron chi connectivity index (χ4n) is 2.64. The van der Waals surface area contributed by atoms with E-state index in [0.717, 1.165) is 23.1 Å². The predicted molar refractivity (Wildman–Crippen MR) is 71.2 cm³/mol. The maximum Gasteiger partial charge on any atom is 0.131 e. The topological polar surface area (TPSA) is 12.0 Å². The molecule has 1 aliphatic heterocycles. The lowest BCUT2D eigenvalue weighted by molar-refractivity contribution is 0.384. The Hall–Kier alpha value is -0.930. The molecule has 0 saturated carbocycles. The van der Waals surface area contributed by atoms with E-state index in [1.165, 1.54) is 11.3 Å². The lowest BCUT2D eigenvalue weighted by Gasteiger charge is -2.27. The summed E-state index contributed by atoms with van der Waals surface area (Å²) in [4.78, 5) is 1.35. The number of fused-ring (bicyclic) bond motifs is 1. The van der Waals surface area contributed by atoms with Crippen LogP contribution in [0.5, 0.6) is 0 Å². The van der Waals surface area contributed by atoms with Crippen molar-refractivity contribution in [3.63, 3.8) is 0 Å². The zero-order valence-corrected chi connectivity index (χ0v) is 10.7. The number of halogens is 1. The van der Waals surface area contributed by atoms with Gasteiger partial charge in [0.15, 0.2) is 0 Å². The van der Waals surface area contributed by atoms with Gasteiger partial charge in [-0.25, -0.2) is 4.39 Å². The average molecular weight is 249 g/mol. The third-order valence-electron chi connectivity index (χ3n) is 3.55. The molecule has 1 aromatic heterocycles. The third kappa shape index (κ3) is 2.09. The normalized spacial score (nSPS) is 25.3. The van der Waals surface area contributed by atoms with Crippen LogP contribution in [0.4, 0.5) is 4.39 Å². The van der Waals surface area contributed by atoms with Crippen molar-refractivity contribution in [1.29, 1.82) is 0 Å². The van der Waals surface area contributed by atoms with Gasteiger partial charge in [0, 0.05) is 21.0 Å². The van der Waals surface area contributed by atoms with Crippen LogP contribution in [-0.4, -0.2) is 12.6 Å². The van der Waals surface area contributed by atoms with E-state index in [-0.39, 0.29) is 5.82 Å². The molecule has 2 atom stereocenters. The molecule has 3 heteroatoms. The standard InChI is InChI=1S/C14H16FNS/c1-9-7-10(5-6-16-9)14-8-11-12(15)3-2-4-13(11)17-14/h2-4,8-10,16H,5-7H2,1H3/t9-,10-/m0/s1. The van der Waals surface area contributed by atoms with Gasteiger partial charge in [0.25, 0.3) is 0 Å². The summed E-state index contributed by atoms with van der Waals surface area (Å²) in [6, 6.07) is 7.98. The van der Waals surface area contributed by atoms with Crippen molar-refractivity contribution >= 4 is 21.4 Å². The summed E-state index contributed by atoms with van der Waals surface area (Å²) >= 11 is 1.75. The molecule has 0 bridgehead atoms. The first-order valence-corrected chi connectivity index (χ1v) is 6.97. The molecule has 3 rings (SSSR count). The zero-order chi connectivity index (χ0) is 11.8. The molecular formula is C14H16FNS. The van der Waals surface area contributed by atoms with Gasteiger partial charge in [-0.2, -0.15) is 0 Å². The molecular weight excluding hydrogens is 233 g/mol. The van der Waals surface area contributed by atoms with E-state index in [4.69, 9.17) is 0 Å². The molecule has 1 aliphatic rings. The van der Waals surface area contributed by atoms with E-state index in [1.807, 2.05) is 6.07 Å². The highest BCUT2D eigenvalue weighted by atomic mass is 32.1. The van der Waals surface area contributed by atoms with Gasteiger partial charge in [-0.05, 0) is 50.4 Å². The summed E-state index contributed by atoms with van der Waals surface area (Å²) in [6.07, 6.45) is 2.33. The molecule has 0 aliphatic carbocycles. The first kappa shape index (κ1) is 11.2. The number of hydrogen-bond acceptors (Lipinski definition) is 2. The van der Waals surface area contributed by atoms with Crippen LogP contribution in [-0.2, 0) is 0 Å². The number of hydrogen-bond donors (Lipinski definition) is 1. The minimum absolute atomic E-state index is 0.0908. The highest BCUT2D eigenvalue weighted by Gasteiger charge is 2.21. The number of piperidine rings is 1. The molecule has 2 aromatic rings. The molecule has 1 nitrogen and oxygen atoms in total. The van der Waals surface area contributed by atoms with Crippen LogP contribution in [0, 0.1) is 5.82 Å². The Morgan fingerprint density at radius 2 is 2.29 bits per heavy atom. The van der Waals surface area contributed by atoms with E-state index in [9.17, 15) is 4.39 Å². The summed E-state index contributed by atoms with van der Waals surface area (Å²) in [5.41, 5.74) is 0. The molecule has 2 heterocycles. The SMILES string of the molecule is C[C@H]1C[C@@H](c2cc3c(F)cccc3s2)CCN1. The van der Waals surface area contributed by atoms with Gasteiger partial charge in [0.05, 0.1) is 0 Å². The summed E-state index contributed by atoms with van der Waals surface area (Å²) in [5, 5.41) is 4.25. The second kappa shape index (κ2) is 4.39. The third-order valence-corrected chi connectivity index (χ3v) is 4.82. The molecule has 1 aromatic carbocycles.